The van der Waals surface area contributed by atoms with E-state index in [0.29, 0.717) is 5.57 Å². The Morgan fingerprint density at radius 3 is 2.75 bits per heavy atom. The van der Waals surface area contributed by atoms with Gasteiger partial charge in [0.15, 0.2) is 6.26 Å². The van der Waals surface area contributed by atoms with E-state index in [4.69, 9.17) is 5.26 Å². The van der Waals surface area contributed by atoms with Gasteiger partial charge < -0.3 is 0 Å². The van der Waals surface area contributed by atoms with Gasteiger partial charge in [0.25, 0.3) is 0 Å². The van der Waals surface area contributed by atoms with Gasteiger partial charge in [-0.05, 0) is 6.08 Å². The quantitative estimate of drug-likeness (QED) is 0.433. The SMILES string of the molecule is N#CC1=COOC=C1. The third-order valence-corrected chi connectivity index (χ3v) is 0.663. The molecule has 0 N–H and O–H groups in total. The van der Waals surface area contributed by atoms with Crippen LogP contribution >= 0.6 is 0 Å². The number of nitriles is 1. The molecule has 0 amide bonds. The minimum absolute atomic E-state index is 0.455. The highest BCUT2D eigenvalue weighted by molar-refractivity contribution is 5.30. The van der Waals surface area contributed by atoms with E-state index in [0.717, 1.165) is 0 Å². The standard InChI is InChI=1S/C5H3NO2/c6-3-5-1-2-7-8-4-5/h1-2,4H. The summed E-state index contributed by atoms with van der Waals surface area (Å²) in [5, 5.41) is 8.19. The molecule has 1 aliphatic rings. The van der Waals surface area contributed by atoms with Crippen LogP contribution in [0.5, 0.6) is 0 Å². The van der Waals surface area contributed by atoms with Gasteiger partial charge in [0.05, 0.1) is 5.57 Å². The molecule has 3 nitrogen and oxygen atoms in total. The van der Waals surface area contributed by atoms with Crippen LogP contribution in [0.15, 0.2) is 24.2 Å². The minimum atomic E-state index is 0.455. The van der Waals surface area contributed by atoms with Crippen LogP contribution in [-0.4, -0.2) is 0 Å². The van der Waals surface area contributed by atoms with Gasteiger partial charge in [-0.1, -0.05) is 0 Å². The molecule has 0 unspecified atom stereocenters. The minimum Gasteiger partial charge on any atom is -0.298 e. The van der Waals surface area contributed by atoms with Gasteiger partial charge in [-0.2, -0.15) is 5.26 Å². The van der Waals surface area contributed by atoms with Crippen LogP contribution in [0, 0.1) is 11.3 Å². The Balaban J connectivity index is 2.68. The lowest BCUT2D eigenvalue weighted by Gasteiger charge is -1.98. The van der Waals surface area contributed by atoms with Crippen molar-refractivity contribution in [1.82, 2.24) is 0 Å². The average molecular weight is 109 g/mol. The molecule has 0 aromatic rings. The van der Waals surface area contributed by atoms with Crippen molar-refractivity contribution in [2.45, 2.75) is 0 Å². The average Bonchev–Trinajstić information content (AvgIpc) is 1.90. The van der Waals surface area contributed by atoms with Crippen LogP contribution < -0.4 is 0 Å². The zero-order valence-electron chi connectivity index (χ0n) is 4.00. The van der Waals surface area contributed by atoms with Crippen molar-refractivity contribution in [1.29, 1.82) is 5.26 Å². The summed E-state index contributed by atoms with van der Waals surface area (Å²) in [5.41, 5.74) is 0.455. The molecule has 0 aromatic heterocycles. The molecule has 0 fully saturated rings. The second-order valence-electron chi connectivity index (χ2n) is 1.18. The summed E-state index contributed by atoms with van der Waals surface area (Å²) in [7, 11) is 0. The summed E-state index contributed by atoms with van der Waals surface area (Å²) in [6, 6.07) is 1.87. The molecule has 0 aliphatic carbocycles. The van der Waals surface area contributed by atoms with Crippen LogP contribution in [0.3, 0.4) is 0 Å². The monoisotopic (exact) mass is 109 g/mol. The van der Waals surface area contributed by atoms with Gasteiger partial charge in [0.1, 0.15) is 12.3 Å². The molecular formula is C5H3NO2. The number of nitrogens with zero attached hydrogens (tertiary/aromatic N) is 1. The Labute approximate surface area is 46.4 Å². The molecule has 0 spiro atoms. The first-order valence-electron chi connectivity index (χ1n) is 2.02. The molecule has 1 heterocycles. The highest BCUT2D eigenvalue weighted by Gasteiger charge is 1.93. The Kier molecular flexibility index (Phi) is 1.20. The van der Waals surface area contributed by atoms with E-state index in [9.17, 15) is 0 Å². The number of allylic oxidation sites excluding steroid dienone is 2. The zero-order valence-corrected chi connectivity index (χ0v) is 4.00. The summed E-state index contributed by atoms with van der Waals surface area (Å²) < 4.78 is 0. The second kappa shape index (κ2) is 2.03. The molecule has 0 saturated heterocycles. The molecule has 1 aliphatic heterocycles. The highest BCUT2D eigenvalue weighted by atomic mass is 17.2. The third kappa shape index (κ3) is 0.793. The maximum Gasteiger partial charge on any atom is 0.160 e. The van der Waals surface area contributed by atoms with Crippen molar-refractivity contribution < 1.29 is 9.78 Å². The van der Waals surface area contributed by atoms with Gasteiger partial charge >= 0.3 is 0 Å². The van der Waals surface area contributed by atoms with Gasteiger partial charge in [-0.25, -0.2) is 0 Å². The van der Waals surface area contributed by atoms with Crippen molar-refractivity contribution >= 4 is 0 Å². The fraction of sp³-hybridized carbons (Fsp3) is 0. The van der Waals surface area contributed by atoms with Crippen molar-refractivity contribution in [2.75, 3.05) is 0 Å². The van der Waals surface area contributed by atoms with Crippen LogP contribution in [0.4, 0.5) is 0 Å². The van der Waals surface area contributed by atoms with Gasteiger partial charge in [-0.3, -0.25) is 9.78 Å². The third-order valence-electron chi connectivity index (χ3n) is 0.663. The number of hydrogen-bond acceptors (Lipinski definition) is 3. The lowest BCUT2D eigenvalue weighted by molar-refractivity contribution is -0.199. The van der Waals surface area contributed by atoms with E-state index in [1.165, 1.54) is 18.6 Å². The van der Waals surface area contributed by atoms with E-state index >= 15 is 0 Å². The molecular weight excluding hydrogens is 106 g/mol. The predicted octanol–water partition coefficient (Wildman–Crippen LogP) is 0.869. The smallest absolute Gasteiger partial charge is 0.160 e. The van der Waals surface area contributed by atoms with E-state index in [-0.39, 0.29) is 0 Å². The van der Waals surface area contributed by atoms with Crippen LogP contribution in [0.1, 0.15) is 0 Å². The van der Waals surface area contributed by atoms with E-state index in [1.54, 1.807) is 0 Å². The molecule has 3 heteroatoms. The normalized spacial score (nSPS) is 15.1. The number of hydrogen-bond donors (Lipinski definition) is 0. The molecule has 8 heavy (non-hydrogen) atoms. The first-order valence-corrected chi connectivity index (χ1v) is 2.02. The fourth-order valence-corrected chi connectivity index (χ4v) is 0.316. The van der Waals surface area contributed by atoms with Crippen LogP contribution in [0.25, 0.3) is 0 Å². The van der Waals surface area contributed by atoms with Gasteiger partial charge in [0.2, 0.25) is 0 Å². The maximum absolute atomic E-state index is 8.19. The summed E-state index contributed by atoms with van der Waals surface area (Å²) in [5.74, 6) is 0. The summed E-state index contributed by atoms with van der Waals surface area (Å²) in [6.45, 7) is 0. The Morgan fingerprint density at radius 1 is 1.50 bits per heavy atom. The maximum atomic E-state index is 8.19. The predicted molar refractivity (Wildman–Crippen MR) is 25.0 cm³/mol. The Bertz CT molecular complexity index is 175. The van der Waals surface area contributed by atoms with Crippen LogP contribution in [0.2, 0.25) is 0 Å². The van der Waals surface area contributed by atoms with E-state index in [2.05, 4.69) is 9.78 Å². The molecule has 0 saturated carbocycles. The molecule has 0 atom stereocenters. The van der Waals surface area contributed by atoms with Crippen molar-refractivity contribution in [3.63, 3.8) is 0 Å². The van der Waals surface area contributed by atoms with Crippen molar-refractivity contribution in [2.24, 2.45) is 0 Å². The second-order valence-corrected chi connectivity index (χ2v) is 1.18. The lowest BCUT2D eigenvalue weighted by Crippen LogP contribution is -1.85. The largest absolute Gasteiger partial charge is 0.298 e. The first-order chi connectivity index (χ1) is 3.93. The Hall–Kier alpha value is -1.43. The number of rotatable bonds is 0. The van der Waals surface area contributed by atoms with Gasteiger partial charge in [-0.15, -0.1) is 0 Å². The molecule has 1 rings (SSSR count). The molecule has 40 valence electrons. The highest BCUT2D eigenvalue weighted by Crippen LogP contribution is 2.01. The summed E-state index contributed by atoms with van der Waals surface area (Å²) in [4.78, 5) is 8.60. The van der Waals surface area contributed by atoms with E-state index in [1.807, 2.05) is 6.07 Å². The summed E-state index contributed by atoms with van der Waals surface area (Å²) in [6.07, 6.45) is 4.06. The zero-order chi connectivity index (χ0) is 5.82. The Morgan fingerprint density at radius 2 is 2.38 bits per heavy atom. The fourth-order valence-electron chi connectivity index (χ4n) is 0.316. The molecule has 0 bridgehead atoms. The molecule has 0 radical (unpaired) electrons. The van der Waals surface area contributed by atoms with Crippen molar-refractivity contribution in [3.05, 3.63) is 24.2 Å². The van der Waals surface area contributed by atoms with E-state index < -0.39 is 0 Å². The summed E-state index contributed by atoms with van der Waals surface area (Å²) >= 11 is 0. The first kappa shape index (κ1) is 4.72. The van der Waals surface area contributed by atoms with Crippen molar-refractivity contribution in [3.8, 4) is 6.07 Å². The molecule has 0 aromatic carbocycles. The van der Waals surface area contributed by atoms with Crippen LogP contribution in [-0.2, 0) is 9.78 Å². The lowest BCUT2D eigenvalue weighted by atomic mass is 10.3. The topological polar surface area (TPSA) is 42.2 Å². The van der Waals surface area contributed by atoms with Gasteiger partial charge in [0, 0.05) is 0 Å².